The molecule has 1 aliphatic heterocycles. The van der Waals surface area contributed by atoms with E-state index < -0.39 is 0 Å². The lowest BCUT2D eigenvalue weighted by Crippen LogP contribution is -2.40. The van der Waals surface area contributed by atoms with Crippen molar-refractivity contribution in [3.63, 3.8) is 0 Å². The van der Waals surface area contributed by atoms with Gasteiger partial charge in [0.25, 0.3) is 5.91 Å². The topological polar surface area (TPSA) is 63.2 Å². The van der Waals surface area contributed by atoms with Crippen molar-refractivity contribution in [1.29, 1.82) is 0 Å². The van der Waals surface area contributed by atoms with Crippen molar-refractivity contribution >= 4 is 33.2 Å². The maximum atomic E-state index is 13.1. The van der Waals surface area contributed by atoms with Gasteiger partial charge in [-0.25, -0.2) is 9.97 Å². The third kappa shape index (κ3) is 3.33. The summed E-state index contributed by atoms with van der Waals surface area (Å²) < 4.78 is 0. The van der Waals surface area contributed by atoms with E-state index >= 15 is 0 Å². The molecule has 144 valence electrons. The summed E-state index contributed by atoms with van der Waals surface area (Å²) in [7, 11) is 0. The molecule has 0 saturated carbocycles. The van der Waals surface area contributed by atoms with E-state index in [-0.39, 0.29) is 17.6 Å². The molecule has 0 bridgehead atoms. The van der Waals surface area contributed by atoms with E-state index in [1.165, 1.54) is 11.3 Å². The van der Waals surface area contributed by atoms with E-state index in [1.807, 2.05) is 56.0 Å². The van der Waals surface area contributed by atoms with Crippen LogP contribution in [0.15, 0.2) is 30.3 Å². The maximum absolute atomic E-state index is 13.1. The number of aryl methyl sites for hydroxylation is 3. The predicted molar refractivity (Wildman–Crippen MR) is 111 cm³/mol. The molecule has 3 aromatic rings. The number of hydrogen-bond donors (Lipinski definition) is 0. The number of Topliss-reactive ketones (excluding diaryl/α,β-unsaturated/α-hetero) is 1. The summed E-state index contributed by atoms with van der Waals surface area (Å²) in [4.78, 5) is 38.2. The number of carbonyl (C=O) groups is 2. The zero-order chi connectivity index (χ0) is 19.8. The van der Waals surface area contributed by atoms with Crippen LogP contribution in [0.5, 0.6) is 0 Å². The first-order valence-corrected chi connectivity index (χ1v) is 10.4. The molecular formula is C22H23N3O2S. The summed E-state index contributed by atoms with van der Waals surface area (Å²) in [6, 6.07) is 9.43. The van der Waals surface area contributed by atoms with Crippen molar-refractivity contribution in [1.82, 2.24) is 14.9 Å². The molecule has 1 aliphatic rings. The zero-order valence-corrected chi connectivity index (χ0v) is 17.2. The van der Waals surface area contributed by atoms with Crippen molar-refractivity contribution in [2.45, 2.75) is 33.6 Å². The van der Waals surface area contributed by atoms with Gasteiger partial charge in [-0.05, 0) is 39.2 Å². The van der Waals surface area contributed by atoms with Crippen molar-refractivity contribution in [2.24, 2.45) is 5.92 Å². The number of fused-ring (bicyclic) bond motifs is 1. The molecule has 1 amide bonds. The quantitative estimate of drug-likeness (QED) is 0.621. The molecule has 3 heterocycles. The van der Waals surface area contributed by atoms with Crippen LogP contribution in [-0.4, -0.2) is 39.6 Å². The minimum Gasteiger partial charge on any atom is -0.338 e. The van der Waals surface area contributed by atoms with Gasteiger partial charge in [-0.15, -0.1) is 11.3 Å². The lowest BCUT2D eigenvalue weighted by Gasteiger charge is -2.31. The van der Waals surface area contributed by atoms with Crippen LogP contribution in [0.1, 0.15) is 50.0 Å². The first-order valence-electron chi connectivity index (χ1n) is 9.58. The average Bonchev–Trinajstić information content (AvgIpc) is 3.04. The van der Waals surface area contributed by atoms with Crippen LogP contribution >= 0.6 is 11.3 Å². The Balaban J connectivity index is 1.50. The van der Waals surface area contributed by atoms with E-state index in [4.69, 9.17) is 0 Å². The Morgan fingerprint density at radius 2 is 1.71 bits per heavy atom. The molecule has 0 spiro atoms. The number of thiophene rings is 1. The fraction of sp³-hybridized carbons (Fsp3) is 0.364. The standard InChI is InChI=1S/C22H23N3O2S/c1-13-18-14(2)23-15(3)24-21(18)28-20(13)22(27)25-11-9-17(10-12-25)19(26)16-7-5-4-6-8-16/h4-8,17H,9-12H2,1-3H3. The highest BCUT2D eigenvalue weighted by molar-refractivity contribution is 7.20. The highest BCUT2D eigenvalue weighted by Gasteiger charge is 2.30. The summed E-state index contributed by atoms with van der Waals surface area (Å²) in [5.41, 5.74) is 2.64. The molecule has 1 saturated heterocycles. The third-order valence-electron chi connectivity index (χ3n) is 5.49. The van der Waals surface area contributed by atoms with Crippen LogP contribution in [0.25, 0.3) is 10.2 Å². The summed E-state index contributed by atoms with van der Waals surface area (Å²) >= 11 is 1.45. The molecule has 1 fully saturated rings. The Kier molecular flexibility index (Phi) is 4.98. The molecular weight excluding hydrogens is 370 g/mol. The number of nitrogens with zero attached hydrogens (tertiary/aromatic N) is 3. The first kappa shape index (κ1) is 18.7. The van der Waals surface area contributed by atoms with Crippen LogP contribution in [0.4, 0.5) is 0 Å². The normalized spacial score (nSPS) is 15.2. The second-order valence-corrected chi connectivity index (χ2v) is 8.39. The van der Waals surface area contributed by atoms with Gasteiger partial charge >= 0.3 is 0 Å². The molecule has 6 heteroatoms. The number of amides is 1. The number of benzene rings is 1. The summed E-state index contributed by atoms with van der Waals surface area (Å²) in [6.07, 6.45) is 1.42. The zero-order valence-electron chi connectivity index (χ0n) is 16.4. The van der Waals surface area contributed by atoms with Gasteiger partial charge in [0.05, 0.1) is 4.88 Å². The Morgan fingerprint density at radius 3 is 2.39 bits per heavy atom. The highest BCUT2D eigenvalue weighted by atomic mass is 32.1. The first-order chi connectivity index (χ1) is 13.5. The van der Waals surface area contributed by atoms with Crippen molar-refractivity contribution in [3.05, 3.63) is 57.9 Å². The summed E-state index contributed by atoms with van der Waals surface area (Å²) in [5.74, 6) is 0.950. The van der Waals surface area contributed by atoms with E-state index in [2.05, 4.69) is 9.97 Å². The molecule has 0 unspecified atom stereocenters. The van der Waals surface area contributed by atoms with Crippen LogP contribution in [0.2, 0.25) is 0 Å². The largest absolute Gasteiger partial charge is 0.338 e. The number of ketones is 1. The number of rotatable bonds is 3. The minimum absolute atomic E-state index is 0.00860. The van der Waals surface area contributed by atoms with Gasteiger partial charge in [0.15, 0.2) is 5.78 Å². The lowest BCUT2D eigenvalue weighted by molar-refractivity contribution is 0.0654. The van der Waals surface area contributed by atoms with E-state index in [1.54, 1.807) is 0 Å². The molecule has 0 radical (unpaired) electrons. The molecule has 1 aromatic carbocycles. The van der Waals surface area contributed by atoms with Crippen LogP contribution in [-0.2, 0) is 0 Å². The lowest BCUT2D eigenvalue weighted by atomic mass is 9.89. The van der Waals surface area contributed by atoms with Gasteiger partial charge in [-0.1, -0.05) is 30.3 Å². The number of carbonyl (C=O) groups excluding carboxylic acids is 2. The average molecular weight is 394 g/mol. The van der Waals surface area contributed by atoms with Gasteiger partial charge < -0.3 is 4.90 Å². The molecule has 28 heavy (non-hydrogen) atoms. The number of piperidine rings is 1. The van der Waals surface area contributed by atoms with Gasteiger partial charge in [-0.3, -0.25) is 9.59 Å². The Morgan fingerprint density at radius 1 is 1.04 bits per heavy atom. The third-order valence-corrected chi connectivity index (χ3v) is 6.66. The Labute approximate surface area is 168 Å². The van der Waals surface area contributed by atoms with Gasteiger partial charge in [0.2, 0.25) is 0 Å². The number of aromatic nitrogens is 2. The van der Waals surface area contributed by atoms with E-state index in [0.717, 1.165) is 37.7 Å². The second-order valence-electron chi connectivity index (χ2n) is 7.39. The van der Waals surface area contributed by atoms with Crippen LogP contribution < -0.4 is 0 Å². The fourth-order valence-corrected chi connectivity index (χ4v) is 5.25. The highest BCUT2D eigenvalue weighted by Crippen LogP contribution is 2.33. The second kappa shape index (κ2) is 7.43. The molecule has 0 aliphatic carbocycles. The van der Waals surface area contributed by atoms with E-state index in [9.17, 15) is 9.59 Å². The Hall–Kier alpha value is -2.60. The smallest absolute Gasteiger partial charge is 0.264 e. The van der Waals surface area contributed by atoms with Crippen molar-refractivity contribution in [3.8, 4) is 0 Å². The molecule has 0 atom stereocenters. The summed E-state index contributed by atoms with van der Waals surface area (Å²) in [5, 5.41) is 0.994. The predicted octanol–water partition coefficient (Wildman–Crippen LogP) is 4.35. The summed E-state index contributed by atoms with van der Waals surface area (Å²) in [6.45, 7) is 7.03. The van der Waals surface area contributed by atoms with Crippen molar-refractivity contribution < 1.29 is 9.59 Å². The van der Waals surface area contributed by atoms with Crippen LogP contribution in [0.3, 0.4) is 0 Å². The molecule has 4 rings (SSSR count). The van der Waals surface area contributed by atoms with E-state index in [0.29, 0.717) is 25.9 Å². The fourth-order valence-electron chi connectivity index (χ4n) is 4.00. The maximum Gasteiger partial charge on any atom is 0.264 e. The molecule has 0 N–H and O–H groups in total. The van der Waals surface area contributed by atoms with Gasteiger partial charge in [0, 0.05) is 35.7 Å². The Bertz CT molecular complexity index is 1050. The molecule has 5 nitrogen and oxygen atoms in total. The monoisotopic (exact) mass is 393 g/mol. The molecule has 2 aromatic heterocycles. The SMILES string of the molecule is Cc1nc(C)c2c(C)c(C(=O)N3CCC(C(=O)c4ccccc4)CC3)sc2n1. The minimum atomic E-state index is -0.00860. The van der Waals surface area contributed by atoms with Crippen LogP contribution in [0, 0.1) is 26.7 Å². The van der Waals surface area contributed by atoms with Gasteiger partial charge in [0.1, 0.15) is 10.7 Å². The number of likely N-dealkylation sites (tertiary alicyclic amines) is 1. The van der Waals surface area contributed by atoms with Gasteiger partial charge in [-0.2, -0.15) is 0 Å². The van der Waals surface area contributed by atoms with Crippen molar-refractivity contribution in [2.75, 3.05) is 13.1 Å². The number of hydrogen-bond acceptors (Lipinski definition) is 5.